The molecule has 1 aliphatic heterocycles. The molecule has 4 heteroatoms. The van der Waals surface area contributed by atoms with E-state index in [1.807, 2.05) is 18.2 Å². The lowest BCUT2D eigenvalue weighted by molar-refractivity contribution is 0.200. The Kier molecular flexibility index (Phi) is 3.85. The average molecular weight is 276 g/mol. The molecule has 4 nitrogen and oxygen atoms in total. The Morgan fingerprint density at radius 2 is 2.15 bits per heavy atom. The number of fused-ring (bicyclic) bond motifs is 2. The molecule has 3 unspecified atom stereocenters. The van der Waals surface area contributed by atoms with Crippen LogP contribution in [0.5, 0.6) is 11.5 Å². The third kappa shape index (κ3) is 2.50. The maximum atomic E-state index is 6.43. The number of nitrogens with zero attached hydrogens (tertiary/aromatic N) is 1. The van der Waals surface area contributed by atoms with E-state index in [2.05, 4.69) is 4.90 Å². The first-order chi connectivity index (χ1) is 9.71. The van der Waals surface area contributed by atoms with E-state index >= 15 is 0 Å². The number of likely N-dealkylation sites (tertiary alicyclic amines) is 1. The summed E-state index contributed by atoms with van der Waals surface area (Å²) >= 11 is 0. The maximum absolute atomic E-state index is 6.43. The molecular weight excluding hydrogens is 252 g/mol. The molecule has 0 radical (unpaired) electrons. The highest BCUT2D eigenvalue weighted by atomic mass is 16.5. The van der Waals surface area contributed by atoms with Crippen LogP contribution in [0, 0.1) is 5.92 Å². The average Bonchev–Trinajstić information content (AvgIpc) is 3.09. The summed E-state index contributed by atoms with van der Waals surface area (Å²) in [5.41, 5.74) is 7.47. The van der Waals surface area contributed by atoms with Gasteiger partial charge < -0.3 is 15.2 Å². The van der Waals surface area contributed by atoms with Gasteiger partial charge in [-0.25, -0.2) is 0 Å². The molecule has 2 bridgehead atoms. The fourth-order valence-electron chi connectivity index (χ4n) is 3.73. The molecule has 0 aromatic heterocycles. The number of hydrogen-bond acceptors (Lipinski definition) is 4. The van der Waals surface area contributed by atoms with Gasteiger partial charge in [0.05, 0.1) is 14.2 Å². The second-order valence-electron chi connectivity index (χ2n) is 6.00. The Morgan fingerprint density at radius 1 is 1.30 bits per heavy atom. The molecule has 2 aliphatic rings. The van der Waals surface area contributed by atoms with E-state index in [0.717, 1.165) is 35.6 Å². The topological polar surface area (TPSA) is 47.7 Å². The van der Waals surface area contributed by atoms with Gasteiger partial charge in [-0.2, -0.15) is 0 Å². The quantitative estimate of drug-likeness (QED) is 0.895. The van der Waals surface area contributed by atoms with E-state index in [0.29, 0.717) is 0 Å². The third-order valence-electron chi connectivity index (χ3n) is 4.79. The van der Waals surface area contributed by atoms with E-state index in [1.54, 1.807) is 14.2 Å². The highest BCUT2D eigenvalue weighted by molar-refractivity contribution is 5.42. The summed E-state index contributed by atoms with van der Waals surface area (Å²) < 4.78 is 10.7. The van der Waals surface area contributed by atoms with Crippen LogP contribution < -0.4 is 15.2 Å². The van der Waals surface area contributed by atoms with E-state index in [9.17, 15) is 0 Å². The summed E-state index contributed by atoms with van der Waals surface area (Å²) in [4.78, 5) is 2.55. The van der Waals surface area contributed by atoms with Crippen molar-refractivity contribution in [1.29, 1.82) is 0 Å². The second kappa shape index (κ2) is 5.62. The second-order valence-corrected chi connectivity index (χ2v) is 6.00. The van der Waals surface area contributed by atoms with Crippen LogP contribution in [0.4, 0.5) is 0 Å². The smallest absolute Gasteiger partial charge is 0.123 e. The first-order valence-electron chi connectivity index (χ1n) is 7.42. The Morgan fingerprint density at radius 3 is 2.75 bits per heavy atom. The fourth-order valence-corrected chi connectivity index (χ4v) is 3.73. The molecule has 0 spiro atoms. The first kappa shape index (κ1) is 13.7. The van der Waals surface area contributed by atoms with E-state index in [4.69, 9.17) is 15.2 Å². The van der Waals surface area contributed by atoms with Crippen molar-refractivity contribution in [1.82, 2.24) is 4.90 Å². The molecule has 110 valence electrons. The molecule has 1 saturated heterocycles. The zero-order valence-electron chi connectivity index (χ0n) is 12.3. The van der Waals surface area contributed by atoms with Crippen molar-refractivity contribution in [3.63, 3.8) is 0 Å². The lowest BCUT2D eigenvalue weighted by Crippen LogP contribution is -2.37. The number of methoxy groups -OCH3 is 2. The Labute approximate surface area is 120 Å². The van der Waals surface area contributed by atoms with Crippen molar-refractivity contribution in [3.8, 4) is 11.5 Å². The summed E-state index contributed by atoms with van der Waals surface area (Å²) in [6, 6.07) is 6.57. The summed E-state index contributed by atoms with van der Waals surface area (Å²) in [6.07, 6.45) is 4.10. The zero-order valence-corrected chi connectivity index (χ0v) is 12.3. The molecule has 1 aromatic carbocycles. The molecule has 0 amide bonds. The Hall–Kier alpha value is -1.26. The van der Waals surface area contributed by atoms with Crippen molar-refractivity contribution < 1.29 is 9.47 Å². The molecule has 3 rings (SSSR count). The van der Waals surface area contributed by atoms with Gasteiger partial charge in [-0.05, 0) is 43.4 Å². The van der Waals surface area contributed by atoms with Gasteiger partial charge >= 0.3 is 0 Å². The highest BCUT2D eigenvalue weighted by Gasteiger charge is 2.38. The minimum atomic E-state index is -0.0283. The number of piperidine rings is 1. The van der Waals surface area contributed by atoms with Crippen molar-refractivity contribution in [2.24, 2.45) is 11.7 Å². The molecule has 3 atom stereocenters. The van der Waals surface area contributed by atoms with Gasteiger partial charge in [0.15, 0.2) is 0 Å². The number of nitrogens with two attached hydrogens (primary N) is 1. The van der Waals surface area contributed by atoms with Gasteiger partial charge in [0.2, 0.25) is 0 Å². The van der Waals surface area contributed by atoms with Gasteiger partial charge in [-0.15, -0.1) is 0 Å². The van der Waals surface area contributed by atoms with Crippen LogP contribution in [0.15, 0.2) is 18.2 Å². The minimum Gasteiger partial charge on any atom is -0.497 e. The number of ether oxygens (including phenoxy) is 2. The number of hydrogen-bond donors (Lipinski definition) is 1. The third-order valence-corrected chi connectivity index (χ3v) is 4.79. The maximum Gasteiger partial charge on any atom is 0.123 e. The fraction of sp³-hybridized carbons (Fsp3) is 0.625. The van der Waals surface area contributed by atoms with Crippen LogP contribution in [-0.4, -0.2) is 38.3 Å². The molecule has 20 heavy (non-hydrogen) atoms. The number of rotatable bonds is 5. The minimum absolute atomic E-state index is 0.0283. The number of benzene rings is 1. The summed E-state index contributed by atoms with van der Waals surface area (Å²) in [5, 5.41) is 0. The van der Waals surface area contributed by atoms with E-state index < -0.39 is 0 Å². The molecule has 2 N–H and O–H groups in total. The predicted molar refractivity (Wildman–Crippen MR) is 79.2 cm³/mol. The van der Waals surface area contributed by atoms with Crippen molar-refractivity contribution in [2.45, 2.75) is 31.3 Å². The van der Waals surface area contributed by atoms with Crippen LogP contribution in [-0.2, 0) is 0 Å². The molecule has 1 aromatic rings. The predicted octanol–water partition coefficient (Wildman–Crippen LogP) is 2.19. The summed E-state index contributed by atoms with van der Waals surface area (Å²) in [5.74, 6) is 2.58. The van der Waals surface area contributed by atoms with E-state index in [-0.39, 0.29) is 6.04 Å². The van der Waals surface area contributed by atoms with Gasteiger partial charge in [-0.3, -0.25) is 4.90 Å². The lowest BCUT2D eigenvalue weighted by Gasteiger charge is -2.30. The highest BCUT2D eigenvalue weighted by Crippen LogP contribution is 2.38. The van der Waals surface area contributed by atoms with Gasteiger partial charge in [-0.1, -0.05) is 0 Å². The zero-order chi connectivity index (χ0) is 14.1. The Balaban J connectivity index is 1.74. The molecule has 1 heterocycles. The van der Waals surface area contributed by atoms with Crippen LogP contribution in [0.3, 0.4) is 0 Å². The van der Waals surface area contributed by atoms with Gasteiger partial charge in [0.1, 0.15) is 11.5 Å². The van der Waals surface area contributed by atoms with Gasteiger partial charge in [0, 0.05) is 30.7 Å². The summed E-state index contributed by atoms with van der Waals surface area (Å²) in [7, 11) is 3.37. The van der Waals surface area contributed by atoms with Crippen molar-refractivity contribution >= 4 is 0 Å². The first-order valence-corrected chi connectivity index (χ1v) is 7.42. The monoisotopic (exact) mass is 276 g/mol. The van der Waals surface area contributed by atoms with E-state index in [1.165, 1.54) is 25.8 Å². The van der Waals surface area contributed by atoms with Gasteiger partial charge in [0.25, 0.3) is 0 Å². The standard InChI is InChI=1S/C16H24N2O2/c1-19-13-5-6-16(20-2)14(8-13)15(17)10-18-9-11-3-4-12(18)7-11/h5-6,8,11-12,15H,3-4,7,9-10,17H2,1-2H3. The Bertz CT molecular complexity index is 478. The van der Waals surface area contributed by atoms with Crippen LogP contribution in [0.1, 0.15) is 30.9 Å². The van der Waals surface area contributed by atoms with Crippen molar-refractivity contribution in [3.05, 3.63) is 23.8 Å². The molecule has 2 fully saturated rings. The van der Waals surface area contributed by atoms with Crippen molar-refractivity contribution in [2.75, 3.05) is 27.3 Å². The molecule has 1 saturated carbocycles. The molecule has 1 aliphatic carbocycles. The SMILES string of the molecule is COc1ccc(OC)c(C(N)CN2CC3CCC2C3)c1. The lowest BCUT2D eigenvalue weighted by atomic mass is 10.0. The largest absolute Gasteiger partial charge is 0.497 e. The molecular formula is C16H24N2O2. The van der Waals surface area contributed by atoms with Crippen LogP contribution in [0.25, 0.3) is 0 Å². The van der Waals surface area contributed by atoms with Crippen LogP contribution >= 0.6 is 0 Å². The normalized spacial score (nSPS) is 26.8. The van der Waals surface area contributed by atoms with Crippen LogP contribution in [0.2, 0.25) is 0 Å². The summed E-state index contributed by atoms with van der Waals surface area (Å²) in [6.45, 7) is 2.12.